The van der Waals surface area contributed by atoms with Crippen LogP contribution in [0.3, 0.4) is 0 Å². The Labute approximate surface area is 80.5 Å². The summed E-state index contributed by atoms with van der Waals surface area (Å²) in [6, 6.07) is 4.36. The Bertz CT molecular complexity index is 374. The van der Waals surface area contributed by atoms with Gasteiger partial charge in [-0.1, -0.05) is 11.6 Å². The summed E-state index contributed by atoms with van der Waals surface area (Å²) >= 11 is 5.74. The normalized spacial score (nSPS) is 9.69. The first kappa shape index (κ1) is 9.74. The van der Waals surface area contributed by atoms with Crippen LogP contribution in [0.4, 0.5) is 0 Å². The number of carbonyl (C=O) groups is 2. The van der Waals surface area contributed by atoms with E-state index in [2.05, 4.69) is 0 Å². The van der Waals surface area contributed by atoms with Crippen LogP contribution in [0.2, 0.25) is 5.02 Å². The van der Waals surface area contributed by atoms with Crippen LogP contribution in [0.1, 0.15) is 27.6 Å². The number of primary amides is 1. The molecule has 0 aliphatic heterocycles. The van der Waals surface area contributed by atoms with Gasteiger partial charge < -0.3 is 5.73 Å². The fourth-order valence-corrected chi connectivity index (χ4v) is 1.27. The molecule has 1 aromatic carbocycles. The van der Waals surface area contributed by atoms with E-state index in [4.69, 9.17) is 17.3 Å². The number of nitrogens with two attached hydrogens (primary N) is 1. The van der Waals surface area contributed by atoms with Gasteiger partial charge in [-0.15, -0.1) is 0 Å². The molecule has 68 valence electrons. The lowest BCUT2D eigenvalue weighted by Gasteiger charge is -2.00. The Balaban J connectivity index is 3.20. The molecule has 0 atom stereocenters. The van der Waals surface area contributed by atoms with Crippen molar-refractivity contribution in [3.8, 4) is 0 Å². The van der Waals surface area contributed by atoms with E-state index in [1.165, 1.54) is 25.1 Å². The van der Waals surface area contributed by atoms with E-state index in [9.17, 15) is 9.59 Å². The first-order valence-corrected chi connectivity index (χ1v) is 4.00. The summed E-state index contributed by atoms with van der Waals surface area (Å²) in [5, 5.41) is 0.254. The largest absolute Gasteiger partial charge is 0.366 e. The molecule has 0 fully saturated rings. The maximum atomic E-state index is 10.9. The van der Waals surface area contributed by atoms with Crippen molar-refractivity contribution < 1.29 is 9.59 Å². The third kappa shape index (κ3) is 2.06. The topological polar surface area (TPSA) is 60.2 Å². The number of Topliss-reactive ketones (excluding diaryl/α,β-unsaturated/α-hetero) is 1. The summed E-state index contributed by atoms with van der Waals surface area (Å²) in [6.07, 6.45) is 0. The number of ketones is 1. The summed E-state index contributed by atoms with van der Waals surface area (Å²) in [6.45, 7) is 1.41. The molecule has 0 aromatic heterocycles. The molecule has 0 heterocycles. The number of benzene rings is 1. The lowest BCUT2D eigenvalue weighted by Crippen LogP contribution is -2.11. The van der Waals surface area contributed by atoms with Crippen molar-refractivity contribution >= 4 is 23.3 Å². The summed E-state index contributed by atoms with van der Waals surface area (Å²) in [5.41, 5.74) is 5.72. The zero-order valence-corrected chi connectivity index (χ0v) is 7.76. The zero-order valence-electron chi connectivity index (χ0n) is 7.00. The molecular formula is C9H8ClNO2. The molecule has 0 unspecified atom stereocenters. The van der Waals surface area contributed by atoms with E-state index < -0.39 is 5.91 Å². The van der Waals surface area contributed by atoms with Gasteiger partial charge in [0.2, 0.25) is 5.91 Å². The number of carbonyl (C=O) groups excluding carboxylic acids is 2. The predicted octanol–water partition coefficient (Wildman–Crippen LogP) is 1.64. The first-order chi connectivity index (χ1) is 6.02. The van der Waals surface area contributed by atoms with Crippen molar-refractivity contribution in [2.24, 2.45) is 5.73 Å². The molecule has 2 N–H and O–H groups in total. The Kier molecular flexibility index (Phi) is 2.68. The number of amides is 1. The van der Waals surface area contributed by atoms with Crippen LogP contribution in [-0.2, 0) is 0 Å². The molecular weight excluding hydrogens is 190 g/mol. The second kappa shape index (κ2) is 3.58. The van der Waals surface area contributed by atoms with Gasteiger partial charge in [-0.3, -0.25) is 9.59 Å². The van der Waals surface area contributed by atoms with Gasteiger partial charge in [-0.2, -0.15) is 0 Å². The van der Waals surface area contributed by atoms with Gasteiger partial charge in [-0.25, -0.2) is 0 Å². The van der Waals surface area contributed by atoms with E-state index in [-0.39, 0.29) is 10.8 Å². The highest BCUT2D eigenvalue weighted by atomic mass is 35.5. The summed E-state index contributed by atoms with van der Waals surface area (Å²) < 4.78 is 0. The third-order valence-electron chi connectivity index (χ3n) is 1.63. The van der Waals surface area contributed by atoms with Gasteiger partial charge in [0.25, 0.3) is 0 Å². The van der Waals surface area contributed by atoms with Crippen LogP contribution in [0, 0.1) is 0 Å². The highest BCUT2D eigenvalue weighted by Crippen LogP contribution is 2.17. The van der Waals surface area contributed by atoms with Crippen LogP contribution in [-0.4, -0.2) is 11.7 Å². The molecule has 0 saturated carbocycles. The van der Waals surface area contributed by atoms with Crippen molar-refractivity contribution in [1.29, 1.82) is 0 Å². The highest BCUT2D eigenvalue weighted by Gasteiger charge is 2.08. The van der Waals surface area contributed by atoms with Crippen molar-refractivity contribution in [3.63, 3.8) is 0 Å². The van der Waals surface area contributed by atoms with Crippen LogP contribution in [0.5, 0.6) is 0 Å². The molecule has 0 aliphatic rings. The van der Waals surface area contributed by atoms with Gasteiger partial charge in [0.1, 0.15) is 0 Å². The molecule has 13 heavy (non-hydrogen) atoms. The van der Waals surface area contributed by atoms with E-state index in [0.29, 0.717) is 11.1 Å². The Morgan fingerprint density at radius 3 is 2.38 bits per heavy atom. The van der Waals surface area contributed by atoms with E-state index in [1.807, 2.05) is 0 Å². The van der Waals surface area contributed by atoms with Gasteiger partial charge in [-0.05, 0) is 25.1 Å². The third-order valence-corrected chi connectivity index (χ3v) is 1.95. The van der Waals surface area contributed by atoms with E-state index >= 15 is 0 Å². The maximum absolute atomic E-state index is 10.9. The minimum atomic E-state index is -0.558. The second-order valence-corrected chi connectivity index (χ2v) is 3.02. The van der Waals surface area contributed by atoms with Crippen LogP contribution >= 0.6 is 11.6 Å². The summed E-state index contributed by atoms with van der Waals surface area (Å²) in [4.78, 5) is 21.7. The molecule has 0 radical (unpaired) electrons. The van der Waals surface area contributed by atoms with Crippen molar-refractivity contribution in [1.82, 2.24) is 0 Å². The van der Waals surface area contributed by atoms with Gasteiger partial charge in [0, 0.05) is 11.1 Å². The molecule has 1 aromatic rings. The molecule has 1 rings (SSSR count). The van der Waals surface area contributed by atoms with E-state index in [1.54, 1.807) is 0 Å². The predicted molar refractivity (Wildman–Crippen MR) is 50.0 cm³/mol. The number of hydrogen-bond acceptors (Lipinski definition) is 2. The molecule has 0 spiro atoms. The zero-order chi connectivity index (χ0) is 10.0. The SMILES string of the molecule is CC(=O)c1ccc(C(N)=O)cc1Cl. The fraction of sp³-hybridized carbons (Fsp3) is 0.111. The van der Waals surface area contributed by atoms with Gasteiger partial charge >= 0.3 is 0 Å². The van der Waals surface area contributed by atoms with Crippen molar-refractivity contribution in [2.75, 3.05) is 0 Å². The molecule has 0 aliphatic carbocycles. The molecule has 4 heteroatoms. The standard InChI is InChI=1S/C9H8ClNO2/c1-5(12)7-3-2-6(9(11)13)4-8(7)10/h2-4H,1H3,(H2,11,13). The quantitative estimate of drug-likeness (QED) is 0.733. The first-order valence-electron chi connectivity index (χ1n) is 3.62. The van der Waals surface area contributed by atoms with Gasteiger partial charge in [0.15, 0.2) is 5.78 Å². The molecule has 3 nitrogen and oxygen atoms in total. The van der Waals surface area contributed by atoms with Crippen LogP contribution in [0.15, 0.2) is 18.2 Å². The minimum absolute atomic E-state index is 0.138. The average molecular weight is 198 g/mol. The second-order valence-electron chi connectivity index (χ2n) is 2.62. The summed E-state index contributed by atoms with van der Waals surface area (Å²) in [5.74, 6) is -0.696. The number of rotatable bonds is 2. The van der Waals surface area contributed by atoms with Gasteiger partial charge in [0.05, 0.1) is 5.02 Å². The van der Waals surface area contributed by atoms with Crippen LogP contribution < -0.4 is 5.73 Å². The number of hydrogen-bond donors (Lipinski definition) is 1. The van der Waals surface area contributed by atoms with Crippen molar-refractivity contribution in [2.45, 2.75) is 6.92 Å². The lowest BCUT2D eigenvalue weighted by atomic mass is 10.1. The maximum Gasteiger partial charge on any atom is 0.248 e. The van der Waals surface area contributed by atoms with Crippen molar-refractivity contribution in [3.05, 3.63) is 34.3 Å². The molecule has 0 bridgehead atoms. The summed E-state index contributed by atoms with van der Waals surface area (Å²) in [7, 11) is 0. The lowest BCUT2D eigenvalue weighted by molar-refractivity contribution is 0.0993. The Morgan fingerprint density at radius 1 is 1.38 bits per heavy atom. The average Bonchev–Trinajstić information content (AvgIpc) is 2.03. The van der Waals surface area contributed by atoms with E-state index in [0.717, 1.165) is 0 Å². The highest BCUT2D eigenvalue weighted by molar-refractivity contribution is 6.34. The Morgan fingerprint density at radius 2 is 2.00 bits per heavy atom. The Hall–Kier alpha value is -1.35. The minimum Gasteiger partial charge on any atom is -0.366 e. The van der Waals surface area contributed by atoms with Crippen LogP contribution in [0.25, 0.3) is 0 Å². The smallest absolute Gasteiger partial charge is 0.248 e. The number of halogens is 1. The molecule has 0 saturated heterocycles. The molecule has 1 amide bonds. The fourth-order valence-electron chi connectivity index (χ4n) is 0.954. The monoisotopic (exact) mass is 197 g/mol.